The van der Waals surface area contributed by atoms with Crippen LogP contribution in [0.3, 0.4) is 0 Å². The Labute approximate surface area is 116 Å². The Morgan fingerprint density at radius 3 is 1.89 bits per heavy atom. The van der Waals surface area contributed by atoms with E-state index in [0.717, 1.165) is 6.54 Å². The Bertz CT molecular complexity index is 182. The van der Waals surface area contributed by atoms with Crippen LogP contribution >= 0.6 is 0 Å². The molecule has 0 aliphatic rings. The van der Waals surface area contributed by atoms with E-state index in [-0.39, 0.29) is 5.54 Å². The van der Waals surface area contributed by atoms with Crippen LogP contribution in [0.2, 0.25) is 0 Å². The summed E-state index contributed by atoms with van der Waals surface area (Å²) in [4.78, 5) is 2.66. The highest BCUT2D eigenvalue weighted by Crippen LogP contribution is 2.09. The van der Waals surface area contributed by atoms with Crippen LogP contribution < -0.4 is 5.32 Å². The van der Waals surface area contributed by atoms with E-state index < -0.39 is 0 Å². The molecule has 0 rings (SSSR count). The lowest BCUT2D eigenvalue weighted by Gasteiger charge is -2.33. The van der Waals surface area contributed by atoms with E-state index in [9.17, 15) is 0 Å². The summed E-state index contributed by atoms with van der Waals surface area (Å²) >= 11 is 0. The Morgan fingerprint density at radius 1 is 1.00 bits per heavy atom. The largest absolute Gasteiger partial charge is 0.310 e. The SMILES string of the molecule is CCCCN(CCCC)C(C)CNC(C)(C)CC. The minimum Gasteiger partial charge on any atom is -0.310 e. The van der Waals surface area contributed by atoms with E-state index in [1.54, 1.807) is 0 Å². The maximum Gasteiger partial charge on any atom is 0.0192 e. The van der Waals surface area contributed by atoms with Gasteiger partial charge in [-0.25, -0.2) is 0 Å². The number of nitrogens with zero attached hydrogens (tertiary/aromatic N) is 1. The smallest absolute Gasteiger partial charge is 0.0192 e. The average Bonchev–Trinajstić information content (AvgIpc) is 2.36. The minimum atomic E-state index is 0.273. The predicted molar refractivity (Wildman–Crippen MR) is 83.2 cm³/mol. The normalized spacial score (nSPS) is 14.2. The molecule has 1 atom stereocenters. The van der Waals surface area contributed by atoms with Gasteiger partial charge in [0.05, 0.1) is 0 Å². The summed E-state index contributed by atoms with van der Waals surface area (Å²) < 4.78 is 0. The molecule has 0 aromatic rings. The van der Waals surface area contributed by atoms with Gasteiger partial charge in [0.25, 0.3) is 0 Å². The standard InChI is InChI=1S/C16H36N2/c1-7-10-12-18(13-11-8-2)15(4)14-17-16(5,6)9-3/h15,17H,7-14H2,1-6H3. The van der Waals surface area contributed by atoms with Gasteiger partial charge in [0.2, 0.25) is 0 Å². The highest BCUT2D eigenvalue weighted by atomic mass is 15.2. The van der Waals surface area contributed by atoms with Gasteiger partial charge in [0.15, 0.2) is 0 Å². The number of rotatable bonds is 11. The van der Waals surface area contributed by atoms with Crippen LogP contribution in [0.15, 0.2) is 0 Å². The minimum absolute atomic E-state index is 0.273. The van der Waals surface area contributed by atoms with Gasteiger partial charge in [0, 0.05) is 18.1 Å². The maximum atomic E-state index is 3.70. The molecule has 0 saturated carbocycles. The van der Waals surface area contributed by atoms with Crippen LogP contribution in [0.5, 0.6) is 0 Å². The van der Waals surface area contributed by atoms with Gasteiger partial charge >= 0.3 is 0 Å². The molecule has 0 radical (unpaired) electrons. The van der Waals surface area contributed by atoms with Crippen LogP contribution in [-0.2, 0) is 0 Å². The first-order valence-electron chi connectivity index (χ1n) is 7.95. The first-order chi connectivity index (χ1) is 8.46. The molecule has 1 unspecified atom stereocenters. The van der Waals surface area contributed by atoms with Gasteiger partial charge in [-0.05, 0) is 53.1 Å². The van der Waals surface area contributed by atoms with Crippen molar-refractivity contribution in [2.24, 2.45) is 0 Å². The fraction of sp³-hybridized carbons (Fsp3) is 1.00. The molecule has 0 amide bonds. The number of nitrogens with one attached hydrogen (secondary N) is 1. The van der Waals surface area contributed by atoms with Crippen molar-refractivity contribution in [2.45, 2.75) is 85.2 Å². The third-order valence-corrected chi connectivity index (χ3v) is 3.98. The van der Waals surface area contributed by atoms with Crippen LogP contribution in [0.4, 0.5) is 0 Å². The molecule has 0 saturated heterocycles. The highest BCUT2D eigenvalue weighted by molar-refractivity contribution is 4.79. The van der Waals surface area contributed by atoms with Crippen molar-refractivity contribution in [2.75, 3.05) is 19.6 Å². The van der Waals surface area contributed by atoms with E-state index in [1.807, 2.05) is 0 Å². The zero-order valence-electron chi connectivity index (χ0n) is 13.7. The topological polar surface area (TPSA) is 15.3 Å². The highest BCUT2D eigenvalue weighted by Gasteiger charge is 2.18. The second kappa shape index (κ2) is 9.80. The van der Waals surface area contributed by atoms with E-state index in [2.05, 4.69) is 51.8 Å². The maximum absolute atomic E-state index is 3.70. The van der Waals surface area contributed by atoms with Crippen molar-refractivity contribution < 1.29 is 0 Å². The van der Waals surface area contributed by atoms with E-state index in [0.29, 0.717) is 6.04 Å². The van der Waals surface area contributed by atoms with Crippen molar-refractivity contribution in [3.8, 4) is 0 Å². The molecule has 1 N–H and O–H groups in total. The van der Waals surface area contributed by atoms with Crippen LogP contribution in [0, 0.1) is 0 Å². The molecule has 0 aliphatic carbocycles. The fourth-order valence-electron chi connectivity index (χ4n) is 1.95. The zero-order valence-corrected chi connectivity index (χ0v) is 13.7. The van der Waals surface area contributed by atoms with Crippen molar-refractivity contribution in [1.29, 1.82) is 0 Å². The van der Waals surface area contributed by atoms with Crippen molar-refractivity contribution in [3.05, 3.63) is 0 Å². The first kappa shape index (κ1) is 17.9. The fourth-order valence-corrected chi connectivity index (χ4v) is 1.95. The molecule has 18 heavy (non-hydrogen) atoms. The quantitative estimate of drug-likeness (QED) is 0.600. The predicted octanol–water partition coefficient (Wildman–Crippen LogP) is 4.06. The van der Waals surface area contributed by atoms with Crippen molar-refractivity contribution >= 4 is 0 Å². The second-order valence-corrected chi connectivity index (χ2v) is 6.21. The zero-order chi connectivity index (χ0) is 14.0. The Hall–Kier alpha value is -0.0800. The van der Waals surface area contributed by atoms with Crippen molar-refractivity contribution in [1.82, 2.24) is 10.2 Å². The third kappa shape index (κ3) is 8.10. The second-order valence-electron chi connectivity index (χ2n) is 6.21. The lowest BCUT2D eigenvalue weighted by atomic mass is 10.0. The van der Waals surface area contributed by atoms with Crippen LogP contribution in [0.1, 0.15) is 73.6 Å². The van der Waals surface area contributed by atoms with Gasteiger partial charge in [0.1, 0.15) is 0 Å². The summed E-state index contributed by atoms with van der Waals surface area (Å²) in [6.45, 7) is 17.4. The molecule has 0 aromatic heterocycles. The van der Waals surface area contributed by atoms with Gasteiger partial charge in [-0.3, -0.25) is 4.90 Å². The lowest BCUT2D eigenvalue weighted by Crippen LogP contribution is -2.48. The molecule has 110 valence electrons. The van der Waals surface area contributed by atoms with Gasteiger partial charge in [-0.15, -0.1) is 0 Å². The molecule has 0 aromatic carbocycles. The number of unbranched alkanes of at least 4 members (excludes halogenated alkanes) is 2. The first-order valence-corrected chi connectivity index (χ1v) is 7.95. The summed E-state index contributed by atoms with van der Waals surface area (Å²) in [5.74, 6) is 0. The Morgan fingerprint density at radius 2 is 1.50 bits per heavy atom. The van der Waals surface area contributed by atoms with E-state index in [1.165, 1.54) is 45.2 Å². The Kier molecular flexibility index (Phi) is 9.76. The van der Waals surface area contributed by atoms with Crippen molar-refractivity contribution in [3.63, 3.8) is 0 Å². The number of hydrogen-bond donors (Lipinski definition) is 1. The summed E-state index contributed by atoms with van der Waals surface area (Å²) in [6, 6.07) is 0.647. The number of hydrogen-bond acceptors (Lipinski definition) is 2. The van der Waals surface area contributed by atoms with Gasteiger partial charge in [-0.1, -0.05) is 33.6 Å². The molecule has 0 spiro atoms. The van der Waals surface area contributed by atoms with Crippen LogP contribution in [-0.4, -0.2) is 36.1 Å². The van der Waals surface area contributed by atoms with E-state index >= 15 is 0 Å². The molecular formula is C16H36N2. The molecule has 2 nitrogen and oxygen atoms in total. The van der Waals surface area contributed by atoms with Gasteiger partial charge in [-0.2, -0.15) is 0 Å². The third-order valence-electron chi connectivity index (χ3n) is 3.98. The lowest BCUT2D eigenvalue weighted by molar-refractivity contribution is 0.186. The summed E-state index contributed by atoms with van der Waals surface area (Å²) in [6.07, 6.45) is 6.42. The molecule has 0 aliphatic heterocycles. The monoisotopic (exact) mass is 256 g/mol. The van der Waals surface area contributed by atoms with E-state index in [4.69, 9.17) is 0 Å². The van der Waals surface area contributed by atoms with Gasteiger partial charge < -0.3 is 5.32 Å². The summed E-state index contributed by atoms with van der Waals surface area (Å²) in [5.41, 5.74) is 0.273. The van der Waals surface area contributed by atoms with Crippen LogP contribution in [0.25, 0.3) is 0 Å². The molecular weight excluding hydrogens is 220 g/mol. The summed E-state index contributed by atoms with van der Waals surface area (Å²) in [5, 5.41) is 3.70. The summed E-state index contributed by atoms with van der Waals surface area (Å²) in [7, 11) is 0. The Balaban J connectivity index is 4.13. The molecule has 0 heterocycles. The molecule has 0 bridgehead atoms. The molecule has 2 heteroatoms. The average molecular weight is 256 g/mol. The molecule has 0 fully saturated rings.